The van der Waals surface area contributed by atoms with Gasteiger partial charge in [0, 0.05) is 13.1 Å². The van der Waals surface area contributed by atoms with Gasteiger partial charge in [-0.3, -0.25) is 0 Å². The molecule has 0 spiro atoms. The van der Waals surface area contributed by atoms with Crippen LogP contribution in [0.5, 0.6) is 0 Å². The molecule has 92 valence electrons. The zero-order valence-corrected chi connectivity index (χ0v) is 9.74. The SMILES string of the molecule is OC1(CNCC2C=CCCO2)CCNCC1. The molecule has 2 heterocycles. The molecule has 0 aromatic carbocycles. The molecule has 1 saturated heterocycles. The second kappa shape index (κ2) is 5.77. The van der Waals surface area contributed by atoms with Crippen LogP contribution in [0.3, 0.4) is 0 Å². The molecule has 0 amide bonds. The number of ether oxygens (including phenoxy) is 1. The van der Waals surface area contributed by atoms with E-state index >= 15 is 0 Å². The van der Waals surface area contributed by atoms with E-state index in [1.807, 2.05) is 0 Å². The molecule has 16 heavy (non-hydrogen) atoms. The van der Waals surface area contributed by atoms with Gasteiger partial charge < -0.3 is 20.5 Å². The van der Waals surface area contributed by atoms with Crippen LogP contribution in [-0.2, 0) is 4.74 Å². The van der Waals surface area contributed by atoms with Crippen molar-refractivity contribution < 1.29 is 9.84 Å². The van der Waals surface area contributed by atoms with Crippen LogP contribution in [-0.4, -0.2) is 49.6 Å². The summed E-state index contributed by atoms with van der Waals surface area (Å²) in [6.45, 7) is 4.11. The van der Waals surface area contributed by atoms with Crippen LogP contribution in [0.25, 0.3) is 0 Å². The van der Waals surface area contributed by atoms with E-state index in [9.17, 15) is 5.11 Å². The van der Waals surface area contributed by atoms with Crippen molar-refractivity contribution in [2.45, 2.75) is 31.0 Å². The van der Waals surface area contributed by atoms with Gasteiger partial charge in [0.05, 0.1) is 18.3 Å². The third-order valence-corrected chi connectivity index (χ3v) is 3.30. The average Bonchev–Trinajstić information content (AvgIpc) is 2.31. The van der Waals surface area contributed by atoms with Crippen LogP contribution in [0.15, 0.2) is 12.2 Å². The van der Waals surface area contributed by atoms with Crippen LogP contribution >= 0.6 is 0 Å². The summed E-state index contributed by atoms with van der Waals surface area (Å²) < 4.78 is 5.56. The van der Waals surface area contributed by atoms with E-state index in [4.69, 9.17) is 4.74 Å². The van der Waals surface area contributed by atoms with Gasteiger partial charge in [0.25, 0.3) is 0 Å². The lowest BCUT2D eigenvalue weighted by molar-refractivity contribution is 0.00668. The second-order valence-corrected chi connectivity index (χ2v) is 4.73. The number of hydrogen-bond acceptors (Lipinski definition) is 4. The van der Waals surface area contributed by atoms with Crippen molar-refractivity contribution in [3.63, 3.8) is 0 Å². The zero-order chi connectivity index (χ0) is 11.3. The Morgan fingerprint density at radius 3 is 2.94 bits per heavy atom. The fourth-order valence-electron chi connectivity index (χ4n) is 2.23. The van der Waals surface area contributed by atoms with Crippen LogP contribution in [0.2, 0.25) is 0 Å². The summed E-state index contributed by atoms with van der Waals surface area (Å²) in [6.07, 6.45) is 7.13. The van der Waals surface area contributed by atoms with Gasteiger partial charge in [-0.15, -0.1) is 0 Å². The maximum Gasteiger partial charge on any atom is 0.0880 e. The molecular weight excluding hydrogens is 204 g/mol. The van der Waals surface area contributed by atoms with Gasteiger partial charge in [0.2, 0.25) is 0 Å². The third-order valence-electron chi connectivity index (χ3n) is 3.30. The van der Waals surface area contributed by atoms with E-state index in [0.717, 1.165) is 45.5 Å². The minimum absolute atomic E-state index is 0.180. The summed E-state index contributed by atoms with van der Waals surface area (Å²) in [5.41, 5.74) is -0.524. The maximum atomic E-state index is 10.2. The number of rotatable bonds is 4. The number of aliphatic hydroxyl groups is 1. The Balaban J connectivity index is 1.66. The van der Waals surface area contributed by atoms with Gasteiger partial charge in [0.1, 0.15) is 0 Å². The lowest BCUT2D eigenvalue weighted by atomic mass is 9.92. The monoisotopic (exact) mass is 226 g/mol. The van der Waals surface area contributed by atoms with E-state index in [0.29, 0.717) is 6.54 Å². The lowest BCUT2D eigenvalue weighted by Crippen LogP contribution is -2.49. The molecular formula is C12H22N2O2. The van der Waals surface area contributed by atoms with Crippen molar-refractivity contribution >= 4 is 0 Å². The van der Waals surface area contributed by atoms with E-state index in [1.54, 1.807) is 0 Å². The van der Waals surface area contributed by atoms with E-state index in [1.165, 1.54) is 0 Å². The minimum atomic E-state index is -0.524. The predicted octanol–water partition coefficient (Wildman–Crippen LogP) is 0.0356. The molecule has 0 bridgehead atoms. The molecule has 1 unspecified atom stereocenters. The van der Waals surface area contributed by atoms with Gasteiger partial charge in [-0.05, 0) is 32.4 Å². The summed E-state index contributed by atoms with van der Waals surface area (Å²) in [6, 6.07) is 0. The molecule has 1 atom stereocenters. The Labute approximate surface area is 97.1 Å². The average molecular weight is 226 g/mol. The molecule has 2 rings (SSSR count). The van der Waals surface area contributed by atoms with Gasteiger partial charge in [-0.1, -0.05) is 12.2 Å². The van der Waals surface area contributed by atoms with Crippen LogP contribution < -0.4 is 10.6 Å². The molecule has 0 saturated carbocycles. The molecule has 2 aliphatic heterocycles. The Bertz CT molecular complexity index is 237. The molecule has 0 aliphatic carbocycles. The fourth-order valence-corrected chi connectivity index (χ4v) is 2.23. The normalized spacial score (nSPS) is 29.2. The Morgan fingerprint density at radius 1 is 1.44 bits per heavy atom. The van der Waals surface area contributed by atoms with Crippen LogP contribution in [0.4, 0.5) is 0 Å². The highest BCUT2D eigenvalue weighted by molar-refractivity contribution is 4.95. The first-order chi connectivity index (χ1) is 7.79. The smallest absolute Gasteiger partial charge is 0.0880 e. The topological polar surface area (TPSA) is 53.5 Å². The summed E-state index contributed by atoms with van der Waals surface area (Å²) in [4.78, 5) is 0. The van der Waals surface area contributed by atoms with Crippen LogP contribution in [0.1, 0.15) is 19.3 Å². The first kappa shape index (κ1) is 12.0. The van der Waals surface area contributed by atoms with Crippen LogP contribution in [0, 0.1) is 0 Å². The molecule has 1 fully saturated rings. The Kier molecular flexibility index (Phi) is 4.35. The predicted molar refractivity (Wildman–Crippen MR) is 63.4 cm³/mol. The second-order valence-electron chi connectivity index (χ2n) is 4.73. The summed E-state index contributed by atoms with van der Waals surface area (Å²) >= 11 is 0. The molecule has 4 heteroatoms. The first-order valence-corrected chi connectivity index (χ1v) is 6.21. The van der Waals surface area contributed by atoms with Crippen molar-refractivity contribution in [3.05, 3.63) is 12.2 Å². The number of hydrogen-bond donors (Lipinski definition) is 3. The number of piperidine rings is 1. The Hall–Kier alpha value is -0.420. The molecule has 0 aromatic heterocycles. The van der Waals surface area contributed by atoms with Gasteiger partial charge >= 0.3 is 0 Å². The van der Waals surface area contributed by atoms with Crippen molar-refractivity contribution in [1.29, 1.82) is 0 Å². The van der Waals surface area contributed by atoms with Gasteiger partial charge in [0.15, 0.2) is 0 Å². The molecule has 4 nitrogen and oxygen atoms in total. The van der Waals surface area contributed by atoms with Crippen molar-refractivity contribution in [2.24, 2.45) is 0 Å². The minimum Gasteiger partial charge on any atom is -0.388 e. The highest BCUT2D eigenvalue weighted by Crippen LogP contribution is 2.16. The Morgan fingerprint density at radius 2 is 2.25 bits per heavy atom. The van der Waals surface area contributed by atoms with Crippen molar-refractivity contribution in [2.75, 3.05) is 32.8 Å². The van der Waals surface area contributed by atoms with Crippen molar-refractivity contribution in [3.8, 4) is 0 Å². The summed E-state index contributed by atoms with van der Waals surface area (Å²) in [7, 11) is 0. The molecule has 2 aliphatic rings. The lowest BCUT2D eigenvalue weighted by Gasteiger charge is -2.33. The highest BCUT2D eigenvalue weighted by Gasteiger charge is 2.28. The maximum absolute atomic E-state index is 10.2. The van der Waals surface area contributed by atoms with E-state index in [2.05, 4.69) is 22.8 Å². The molecule has 0 aromatic rings. The van der Waals surface area contributed by atoms with Gasteiger partial charge in [-0.25, -0.2) is 0 Å². The molecule has 3 N–H and O–H groups in total. The number of nitrogens with one attached hydrogen (secondary N) is 2. The molecule has 0 radical (unpaired) electrons. The quantitative estimate of drug-likeness (QED) is 0.592. The standard InChI is InChI=1S/C12H22N2O2/c15-12(4-6-13-7-5-12)10-14-9-11-3-1-2-8-16-11/h1,3,11,13-15H,2,4-10H2. The zero-order valence-electron chi connectivity index (χ0n) is 9.74. The third kappa shape index (κ3) is 3.56. The van der Waals surface area contributed by atoms with Gasteiger partial charge in [-0.2, -0.15) is 0 Å². The van der Waals surface area contributed by atoms with E-state index in [-0.39, 0.29) is 6.10 Å². The van der Waals surface area contributed by atoms with Crippen molar-refractivity contribution in [1.82, 2.24) is 10.6 Å². The largest absolute Gasteiger partial charge is 0.388 e. The summed E-state index contributed by atoms with van der Waals surface area (Å²) in [5, 5.41) is 16.8. The summed E-state index contributed by atoms with van der Waals surface area (Å²) in [5.74, 6) is 0. The first-order valence-electron chi connectivity index (χ1n) is 6.21. The van der Waals surface area contributed by atoms with E-state index < -0.39 is 5.60 Å². The fraction of sp³-hybridized carbons (Fsp3) is 0.833. The highest BCUT2D eigenvalue weighted by atomic mass is 16.5.